The lowest BCUT2D eigenvalue weighted by Crippen LogP contribution is -2.00. The van der Waals surface area contributed by atoms with Crippen LogP contribution in [0, 0.1) is 12.7 Å². The molecule has 2 nitrogen and oxygen atoms in total. The van der Waals surface area contributed by atoms with Gasteiger partial charge in [-0.05, 0) is 31.4 Å². The summed E-state index contributed by atoms with van der Waals surface area (Å²) in [5, 5.41) is 0. The highest BCUT2D eigenvalue weighted by molar-refractivity contribution is 5.19. The third kappa shape index (κ3) is 1.55. The van der Waals surface area contributed by atoms with Crippen molar-refractivity contribution in [3.8, 4) is 5.88 Å². The summed E-state index contributed by atoms with van der Waals surface area (Å²) >= 11 is 0. The third-order valence-corrected chi connectivity index (χ3v) is 1.75. The quantitative estimate of drug-likeness (QED) is 0.672. The molecule has 1 heterocycles. The Balaban J connectivity index is 2.18. The van der Waals surface area contributed by atoms with Crippen molar-refractivity contribution in [3.63, 3.8) is 0 Å². The predicted octanol–water partition coefficient (Wildman–Crippen LogP) is 2.07. The van der Waals surface area contributed by atoms with Crippen LogP contribution >= 0.6 is 0 Å². The molecule has 0 saturated heterocycles. The van der Waals surface area contributed by atoms with E-state index in [0.29, 0.717) is 0 Å². The molecule has 1 fully saturated rings. The van der Waals surface area contributed by atoms with E-state index < -0.39 is 0 Å². The van der Waals surface area contributed by atoms with Crippen LogP contribution in [0.15, 0.2) is 12.3 Å². The van der Waals surface area contributed by atoms with Gasteiger partial charge in [0.15, 0.2) is 5.82 Å². The zero-order chi connectivity index (χ0) is 8.55. The number of pyridine rings is 1. The van der Waals surface area contributed by atoms with Crippen molar-refractivity contribution in [1.29, 1.82) is 0 Å². The molecule has 0 bridgehead atoms. The van der Waals surface area contributed by atoms with Crippen molar-refractivity contribution in [1.82, 2.24) is 4.98 Å². The zero-order valence-electron chi connectivity index (χ0n) is 6.88. The molecule has 0 aromatic carbocycles. The van der Waals surface area contributed by atoms with E-state index in [-0.39, 0.29) is 17.8 Å². The number of aromatic nitrogens is 1. The molecule has 1 aliphatic rings. The Bertz CT molecular complexity index is 297. The molecule has 0 atom stereocenters. The Kier molecular flexibility index (Phi) is 1.71. The second-order valence-electron chi connectivity index (χ2n) is 3.12. The second kappa shape index (κ2) is 2.73. The Hall–Kier alpha value is -1.12. The summed E-state index contributed by atoms with van der Waals surface area (Å²) in [5.74, 6) is -0.218. The Labute approximate surface area is 70.4 Å². The summed E-state index contributed by atoms with van der Waals surface area (Å²) in [6.45, 7) is 1.80. The summed E-state index contributed by atoms with van der Waals surface area (Å²) in [6.07, 6.45) is 3.86. The van der Waals surface area contributed by atoms with Crippen LogP contribution in [0.5, 0.6) is 5.88 Å². The van der Waals surface area contributed by atoms with Crippen molar-refractivity contribution < 1.29 is 9.13 Å². The fourth-order valence-electron chi connectivity index (χ4n) is 0.951. The number of halogens is 1. The van der Waals surface area contributed by atoms with E-state index in [0.717, 1.165) is 18.4 Å². The molecule has 0 amide bonds. The fourth-order valence-corrected chi connectivity index (χ4v) is 0.951. The number of hydrogen-bond donors (Lipinski definition) is 0. The zero-order valence-corrected chi connectivity index (χ0v) is 6.88. The minimum absolute atomic E-state index is 0.142. The van der Waals surface area contributed by atoms with E-state index in [9.17, 15) is 4.39 Å². The van der Waals surface area contributed by atoms with Crippen LogP contribution in [0.4, 0.5) is 4.39 Å². The minimum Gasteiger partial charge on any atom is -0.472 e. The maximum absolute atomic E-state index is 13.1. The van der Waals surface area contributed by atoms with E-state index in [1.807, 2.05) is 0 Å². The molecule has 0 N–H and O–H groups in total. The number of rotatable bonds is 2. The first-order valence-corrected chi connectivity index (χ1v) is 4.04. The molecule has 1 aromatic rings. The van der Waals surface area contributed by atoms with Gasteiger partial charge in [0, 0.05) is 6.20 Å². The highest BCUT2D eigenvalue weighted by Gasteiger charge is 2.25. The summed E-state index contributed by atoms with van der Waals surface area (Å²) in [5.41, 5.74) is 0.815. The van der Waals surface area contributed by atoms with Crippen LogP contribution in [0.3, 0.4) is 0 Å². The Morgan fingerprint density at radius 1 is 1.58 bits per heavy atom. The topological polar surface area (TPSA) is 22.1 Å². The summed E-state index contributed by atoms with van der Waals surface area (Å²) in [7, 11) is 0. The van der Waals surface area contributed by atoms with Gasteiger partial charge in [0.05, 0.1) is 0 Å². The van der Waals surface area contributed by atoms with Crippen LogP contribution in [-0.2, 0) is 0 Å². The molecular weight excluding hydrogens is 157 g/mol. The molecular formula is C9H10FNO. The van der Waals surface area contributed by atoms with Gasteiger partial charge in [0.25, 0.3) is 5.88 Å². The van der Waals surface area contributed by atoms with Crippen molar-refractivity contribution in [3.05, 3.63) is 23.6 Å². The Morgan fingerprint density at radius 2 is 2.33 bits per heavy atom. The van der Waals surface area contributed by atoms with Gasteiger partial charge in [-0.3, -0.25) is 0 Å². The predicted molar refractivity (Wildman–Crippen MR) is 42.6 cm³/mol. The van der Waals surface area contributed by atoms with Gasteiger partial charge in [0.2, 0.25) is 0 Å². The second-order valence-corrected chi connectivity index (χ2v) is 3.12. The monoisotopic (exact) mass is 167 g/mol. The lowest BCUT2D eigenvalue weighted by molar-refractivity contribution is 0.274. The molecule has 0 aliphatic heterocycles. The molecule has 12 heavy (non-hydrogen) atoms. The number of ether oxygens (including phenoxy) is 1. The van der Waals surface area contributed by atoms with Crippen molar-refractivity contribution in [2.45, 2.75) is 25.9 Å². The molecule has 1 saturated carbocycles. The van der Waals surface area contributed by atoms with Crippen LogP contribution in [-0.4, -0.2) is 11.1 Å². The normalized spacial score (nSPS) is 16.2. The fraction of sp³-hybridized carbons (Fsp3) is 0.444. The van der Waals surface area contributed by atoms with E-state index in [4.69, 9.17) is 4.74 Å². The van der Waals surface area contributed by atoms with Crippen LogP contribution in [0.25, 0.3) is 0 Å². The van der Waals surface area contributed by atoms with Crippen molar-refractivity contribution in [2.24, 2.45) is 0 Å². The number of nitrogens with zero attached hydrogens (tertiary/aromatic N) is 1. The van der Waals surface area contributed by atoms with Crippen LogP contribution in [0.1, 0.15) is 18.4 Å². The first kappa shape index (κ1) is 7.53. The van der Waals surface area contributed by atoms with E-state index in [1.165, 1.54) is 6.07 Å². The van der Waals surface area contributed by atoms with E-state index in [2.05, 4.69) is 4.98 Å². The average molecular weight is 167 g/mol. The maximum Gasteiger partial charge on any atom is 0.250 e. The standard InChI is InChI=1S/C9H10FNO/c1-6-4-8(10)9(11-5-6)12-7-2-3-7/h4-5,7H,2-3H2,1H3. The van der Waals surface area contributed by atoms with Gasteiger partial charge in [0.1, 0.15) is 6.10 Å². The maximum atomic E-state index is 13.1. The van der Waals surface area contributed by atoms with Gasteiger partial charge in [-0.15, -0.1) is 0 Å². The molecule has 1 aliphatic carbocycles. The van der Waals surface area contributed by atoms with E-state index in [1.54, 1.807) is 13.1 Å². The highest BCUT2D eigenvalue weighted by Crippen LogP contribution is 2.26. The molecule has 0 spiro atoms. The minimum atomic E-state index is -0.359. The largest absolute Gasteiger partial charge is 0.472 e. The third-order valence-electron chi connectivity index (χ3n) is 1.75. The van der Waals surface area contributed by atoms with Gasteiger partial charge in [-0.2, -0.15) is 0 Å². The first-order valence-electron chi connectivity index (χ1n) is 4.04. The number of hydrogen-bond acceptors (Lipinski definition) is 2. The lowest BCUT2D eigenvalue weighted by Gasteiger charge is -2.03. The number of aryl methyl sites for hydroxylation is 1. The lowest BCUT2D eigenvalue weighted by atomic mass is 10.3. The summed E-state index contributed by atoms with van der Waals surface area (Å²) in [4.78, 5) is 3.86. The SMILES string of the molecule is Cc1cnc(OC2CC2)c(F)c1. The molecule has 2 rings (SSSR count). The molecule has 1 aromatic heterocycles. The van der Waals surface area contributed by atoms with Gasteiger partial charge in [-0.1, -0.05) is 0 Å². The van der Waals surface area contributed by atoms with Gasteiger partial charge >= 0.3 is 0 Å². The van der Waals surface area contributed by atoms with Crippen molar-refractivity contribution >= 4 is 0 Å². The molecule has 0 unspecified atom stereocenters. The van der Waals surface area contributed by atoms with Crippen LogP contribution < -0.4 is 4.74 Å². The molecule has 3 heteroatoms. The smallest absolute Gasteiger partial charge is 0.250 e. The summed E-state index contributed by atoms with van der Waals surface area (Å²) < 4.78 is 18.3. The average Bonchev–Trinajstić information content (AvgIpc) is 2.79. The summed E-state index contributed by atoms with van der Waals surface area (Å²) in [6, 6.07) is 1.44. The Morgan fingerprint density at radius 3 is 2.92 bits per heavy atom. The highest BCUT2D eigenvalue weighted by atomic mass is 19.1. The van der Waals surface area contributed by atoms with Gasteiger partial charge < -0.3 is 4.74 Å². The molecule has 0 radical (unpaired) electrons. The van der Waals surface area contributed by atoms with E-state index >= 15 is 0 Å². The first-order chi connectivity index (χ1) is 5.75. The molecule has 64 valence electrons. The van der Waals surface area contributed by atoms with Gasteiger partial charge in [-0.25, -0.2) is 9.37 Å². The van der Waals surface area contributed by atoms with Crippen LogP contribution in [0.2, 0.25) is 0 Å². The van der Waals surface area contributed by atoms with Crippen molar-refractivity contribution in [2.75, 3.05) is 0 Å².